The van der Waals surface area contributed by atoms with Crippen LogP contribution in [-0.2, 0) is 10.8 Å². The number of fused-ring (bicyclic) bond motifs is 9. The zero-order valence-corrected chi connectivity index (χ0v) is 32.2. The molecule has 0 aliphatic heterocycles. The molecule has 0 saturated heterocycles. The van der Waals surface area contributed by atoms with Crippen LogP contribution in [-0.4, -0.2) is 0 Å². The summed E-state index contributed by atoms with van der Waals surface area (Å²) in [7, 11) is 0. The molecule has 3 aliphatic rings. The number of rotatable bonds is 0. The lowest BCUT2D eigenvalue weighted by Crippen LogP contribution is -2.58. The van der Waals surface area contributed by atoms with Crippen molar-refractivity contribution in [3.8, 4) is 33.4 Å². The summed E-state index contributed by atoms with van der Waals surface area (Å²) < 4.78 is 6.38. The average molecular weight is 954 g/mol. The summed E-state index contributed by atoms with van der Waals surface area (Å²) in [5.41, 5.74) is 14.0. The van der Waals surface area contributed by atoms with E-state index < -0.39 is 10.8 Å². The van der Waals surface area contributed by atoms with Crippen molar-refractivity contribution in [2.24, 2.45) is 0 Å². The Morgan fingerprint density at radius 3 is 0.568 bits per heavy atom. The van der Waals surface area contributed by atoms with Crippen molar-refractivity contribution in [1.29, 1.82) is 0 Å². The number of benzene rings is 6. The molecule has 6 heteroatoms. The highest BCUT2D eigenvalue weighted by Crippen LogP contribution is 2.73. The predicted octanol–water partition coefficient (Wildman–Crippen LogP) is 13.6. The molecule has 0 atom stereocenters. The monoisotopic (exact) mass is 948 g/mol. The molecule has 3 aliphatic carbocycles. The van der Waals surface area contributed by atoms with E-state index in [1.54, 1.807) is 0 Å². The van der Waals surface area contributed by atoms with Gasteiger partial charge in [0.2, 0.25) is 0 Å². The van der Waals surface area contributed by atoms with Crippen molar-refractivity contribution in [2.75, 3.05) is 0 Å². The molecule has 44 heavy (non-hydrogen) atoms. The van der Waals surface area contributed by atoms with Gasteiger partial charge >= 0.3 is 0 Å². The predicted molar refractivity (Wildman–Crippen MR) is 202 cm³/mol. The van der Waals surface area contributed by atoms with Gasteiger partial charge in [0.1, 0.15) is 0 Å². The largest absolute Gasteiger partial charge is 0.0649 e. The van der Waals surface area contributed by atoms with Crippen molar-refractivity contribution in [2.45, 2.75) is 10.8 Å². The molecule has 0 amide bonds. The molecule has 0 N–H and O–H groups in total. The molecule has 0 radical (unpaired) electrons. The van der Waals surface area contributed by atoms with Crippen LogP contribution >= 0.6 is 95.6 Å². The van der Waals surface area contributed by atoms with E-state index in [1.807, 2.05) is 0 Å². The fourth-order valence-electron chi connectivity index (χ4n) is 8.45. The highest BCUT2D eigenvalue weighted by atomic mass is 79.9. The molecule has 0 bridgehead atoms. The lowest BCUT2D eigenvalue weighted by Gasteiger charge is -2.62. The van der Waals surface area contributed by atoms with Crippen molar-refractivity contribution in [1.82, 2.24) is 0 Å². The van der Waals surface area contributed by atoms with Crippen LogP contribution in [0.15, 0.2) is 136 Å². The Morgan fingerprint density at radius 1 is 0.250 bits per heavy atom. The smallest absolute Gasteiger partial charge is 0.0529 e. The van der Waals surface area contributed by atoms with E-state index in [9.17, 15) is 0 Å². The van der Waals surface area contributed by atoms with Crippen LogP contribution in [0.4, 0.5) is 0 Å². The van der Waals surface area contributed by atoms with E-state index in [2.05, 4.69) is 205 Å². The maximum absolute atomic E-state index is 3.92. The van der Waals surface area contributed by atoms with Crippen molar-refractivity contribution < 1.29 is 0 Å². The Morgan fingerprint density at radius 2 is 0.409 bits per heavy atom. The molecule has 0 saturated carbocycles. The first-order valence-electron chi connectivity index (χ1n) is 14.1. The molecule has 0 nitrogen and oxygen atoms in total. The molecule has 6 aromatic rings. The van der Waals surface area contributed by atoms with Gasteiger partial charge in [0.15, 0.2) is 0 Å². The van der Waals surface area contributed by atoms with Gasteiger partial charge in [0.25, 0.3) is 0 Å². The fraction of sp³-hybridized carbons (Fsp3) is 0.0526. The fourth-order valence-corrected chi connectivity index (χ4v) is 10.6. The van der Waals surface area contributed by atoms with Gasteiger partial charge in [-0.2, -0.15) is 0 Å². The Bertz CT molecular complexity index is 1850. The Balaban J connectivity index is 1.69. The van der Waals surface area contributed by atoms with E-state index in [0.717, 1.165) is 26.8 Å². The Hall–Kier alpha value is -1.80. The minimum absolute atomic E-state index is 0.625. The average Bonchev–Trinajstić information content (AvgIpc) is 3.00. The molecule has 9 rings (SSSR count). The minimum atomic E-state index is -0.625. The van der Waals surface area contributed by atoms with Crippen molar-refractivity contribution >= 4 is 95.6 Å². The second-order valence-corrected chi connectivity index (χ2v) is 17.1. The maximum Gasteiger partial charge on any atom is 0.0649 e. The number of hydrogen-bond acceptors (Lipinski definition) is 0. The van der Waals surface area contributed by atoms with Gasteiger partial charge in [-0.3, -0.25) is 0 Å². The summed E-state index contributed by atoms with van der Waals surface area (Å²) in [5, 5.41) is 0. The van der Waals surface area contributed by atoms with Crippen molar-refractivity contribution in [3.63, 3.8) is 0 Å². The zero-order valence-electron chi connectivity index (χ0n) is 22.7. The lowest BCUT2D eigenvalue weighted by molar-refractivity contribution is 0.404. The second kappa shape index (κ2) is 9.85. The van der Waals surface area contributed by atoms with E-state index in [0.29, 0.717) is 0 Å². The molecule has 0 spiro atoms. The van der Waals surface area contributed by atoms with Crippen LogP contribution in [0.3, 0.4) is 0 Å². The molecule has 0 unspecified atom stereocenters. The van der Waals surface area contributed by atoms with Crippen LogP contribution in [0.25, 0.3) is 33.4 Å². The molecule has 0 heterocycles. The molecular formula is C38H18Br6. The molecule has 212 valence electrons. The first-order valence-corrected chi connectivity index (χ1v) is 18.8. The van der Waals surface area contributed by atoms with Gasteiger partial charge in [-0.05, 0) is 140 Å². The van der Waals surface area contributed by atoms with Crippen LogP contribution in [0.5, 0.6) is 0 Å². The first kappa shape index (κ1) is 28.4. The third-order valence-corrected chi connectivity index (χ3v) is 12.7. The SMILES string of the molecule is Brc1ccc2c(c1)C13c4cc(Br)ccc4-c4ccc(Br)cc4C1(c1cc(Br)ccc1-2)c1cc(Br)ccc1-c1ccc(Br)cc13. The van der Waals surface area contributed by atoms with Gasteiger partial charge < -0.3 is 0 Å². The molecule has 6 aromatic carbocycles. The highest BCUT2D eigenvalue weighted by molar-refractivity contribution is 9.11. The van der Waals surface area contributed by atoms with E-state index in [4.69, 9.17) is 0 Å². The molecule has 0 aromatic heterocycles. The van der Waals surface area contributed by atoms with E-state index in [1.165, 1.54) is 66.8 Å². The third kappa shape index (κ3) is 3.48. The highest BCUT2D eigenvalue weighted by Gasteiger charge is 2.67. The minimum Gasteiger partial charge on any atom is -0.0529 e. The van der Waals surface area contributed by atoms with E-state index in [-0.39, 0.29) is 0 Å². The standard InChI is InChI=1S/C38H18Br6/c39-19-1-7-25-26-8-2-20(40)14-32(26)38-35-17-23(43)5-11-29(35)27-9-3-21(41)15-33(27)37(38,31(25)13-19)34-16-22(42)4-10-28(34)30-12-6-24(44)18-36(30)38/h1-18H. The molecular weight excluding hydrogens is 936 g/mol. The lowest BCUT2D eigenvalue weighted by atomic mass is 9.38. The van der Waals surface area contributed by atoms with Gasteiger partial charge in [-0.15, -0.1) is 0 Å². The maximum atomic E-state index is 3.92. The normalized spacial score (nSPS) is 19.8. The van der Waals surface area contributed by atoms with Crippen LogP contribution in [0, 0.1) is 0 Å². The van der Waals surface area contributed by atoms with E-state index >= 15 is 0 Å². The summed E-state index contributed by atoms with van der Waals surface area (Å²) in [5.74, 6) is 0. The first-order chi connectivity index (χ1) is 21.2. The number of halogens is 6. The Kier molecular flexibility index (Phi) is 6.37. The summed E-state index contributed by atoms with van der Waals surface area (Å²) in [6, 6.07) is 41.1. The summed E-state index contributed by atoms with van der Waals surface area (Å²) in [6.07, 6.45) is 0. The Labute approximate surface area is 306 Å². The van der Waals surface area contributed by atoms with Gasteiger partial charge in [-0.1, -0.05) is 132 Å². The van der Waals surface area contributed by atoms with Crippen LogP contribution < -0.4 is 0 Å². The van der Waals surface area contributed by atoms with Crippen LogP contribution in [0.1, 0.15) is 33.4 Å². The quantitative estimate of drug-likeness (QED) is 0.142. The third-order valence-electron chi connectivity index (χ3n) is 9.75. The van der Waals surface area contributed by atoms with Crippen LogP contribution in [0.2, 0.25) is 0 Å². The summed E-state index contributed by atoms with van der Waals surface area (Å²) >= 11 is 23.5. The van der Waals surface area contributed by atoms with Gasteiger partial charge in [0.05, 0.1) is 10.8 Å². The topological polar surface area (TPSA) is 0 Å². The van der Waals surface area contributed by atoms with Gasteiger partial charge in [0, 0.05) is 26.8 Å². The number of hydrogen-bond donors (Lipinski definition) is 0. The summed E-state index contributed by atoms with van der Waals surface area (Å²) in [4.78, 5) is 0. The zero-order chi connectivity index (χ0) is 30.1. The second-order valence-electron chi connectivity index (χ2n) is 11.6. The van der Waals surface area contributed by atoms with Crippen molar-refractivity contribution in [3.05, 3.63) is 169 Å². The molecule has 0 fully saturated rings. The van der Waals surface area contributed by atoms with Gasteiger partial charge in [-0.25, -0.2) is 0 Å². The summed E-state index contributed by atoms with van der Waals surface area (Å²) in [6.45, 7) is 0.